The summed E-state index contributed by atoms with van der Waals surface area (Å²) in [5.41, 5.74) is 6.13. The van der Waals surface area contributed by atoms with Crippen LogP contribution in [-0.2, 0) is 25.7 Å². The van der Waals surface area contributed by atoms with E-state index in [0.29, 0.717) is 0 Å². The van der Waals surface area contributed by atoms with Crippen molar-refractivity contribution in [3.63, 3.8) is 0 Å². The lowest BCUT2D eigenvalue weighted by Gasteiger charge is -2.24. The van der Waals surface area contributed by atoms with E-state index in [9.17, 15) is 0 Å². The number of hydrogen-bond acceptors (Lipinski definition) is 3. The molecule has 0 aromatic carbocycles. The standard InChI is InChI=1S/C20H21NS2/c1-12-8-9-15-14(11-12)18(17-7-4-10-22-17)19-13-5-2-3-6-16(13)23-20(19)21-15/h4,7,10,12H,2-3,5-6,8-9,11H2,1H3/t12-/m1/s1. The Morgan fingerprint density at radius 1 is 1.13 bits per heavy atom. The Kier molecular flexibility index (Phi) is 3.34. The van der Waals surface area contributed by atoms with Gasteiger partial charge in [-0.2, -0.15) is 0 Å². The van der Waals surface area contributed by atoms with Crippen LogP contribution in [0.25, 0.3) is 20.7 Å². The van der Waals surface area contributed by atoms with Crippen LogP contribution in [-0.4, -0.2) is 4.98 Å². The summed E-state index contributed by atoms with van der Waals surface area (Å²) in [6.07, 6.45) is 8.87. The topological polar surface area (TPSA) is 12.9 Å². The first-order valence-electron chi connectivity index (χ1n) is 8.81. The molecule has 1 nitrogen and oxygen atoms in total. The molecule has 0 amide bonds. The third-order valence-corrected chi connectivity index (χ3v) is 7.56. The Morgan fingerprint density at radius 3 is 2.91 bits per heavy atom. The van der Waals surface area contributed by atoms with Crippen LogP contribution in [0.3, 0.4) is 0 Å². The molecule has 5 rings (SSSR count). The summed E-state index contributed by atoms with van der Waals surface area (Å²) in [5, 5.41) is 3.74. The van der Waals surface area contributed by atoms with Gasteiger partial charge < -0.3 is 0 Å². The fraction of sp³-hybridized carbons (Fsp3) is 0.450. The molecular weight excluding hydrogens is 318 g/mol. The minimum absolute atomic E-state index is 0.787. The fourth-order valence-electron chi connectivity index (χ4n) is 4.33. The van der Waals surface area contributed by atoms with Gasteiger partial charge in [-0.15, -0.1) is 22.7 Å². The quantitative estimate of drug-likeness (QED) is 0.527. The Hall–Kier alpha value is -1.19. The molecule has 0 bridgehead atoms. The zero-order valence-electron chi connectivity index (χ0n) is 13.5. The minimum Gasteiger partial charge on any atom is -0.242 e. The largest absolute Gasteiger partial charge is 0.242 e. The maximum Gasteiger partial charge on any atom is 0.124 e. The third kappa shape index (κ3) is 2.20. The van der Waals surface area contributed by atoms with Gasteiger partial charge in [0.1, 0.15) is 4.83 Å². The molecule has 0 fully saturated rings. The van der Waals surface area contributed by atoms with Gasteiger partial charge in [0.25, 0.3) is 0 Å². The van der Waals surface area contributed by atoms with Crippen LogP contribution in [0.4, 0.5) is 0 Å². The summed E-state index contributed by atoms with van der Waals surface area (Å²) in [6.45, 7) is 2.40. The van der Waals surface area contributed by atoms with Crippen molar-refractivity contribution in [1.29, 1.82) is 0 Å². The van der Waals surface area contributed by atoms with Crippen LogP contribution in [0.5, 0.6) is 0 Å². The molecule has 2 aliphatic carbocycles. The number of fused-ring (bicyclic) bond motifs is 4. The highest BCUT2D eigenvalue weighted by atomic mass is 32.1. The second-order valence-corrected chi connectivity index (χ2v) is 9.16. The molecule has 3 aromatic rings. The van der Waals surface area contributed by atoms with Crippen molar-refractivity contribution in [2.24, 2.45) is 5.92 Å². The number of nitrogens with zero attached hydrogens (tertiary/aromatic N) is 1. The van der Waals surface area contributed by atoms with Crippen molar-refractivity contribution < 1.29 is 0 Å². The molecule has 118 valence electrons. The van der Waals surface area contributed by atoms with E-state index >= 15 is 0 Å². The molecule has 0 spiro atoms. The summed E-state index contributed by atoms with van der Waals surface area (Å²) in [4.78, 5) is 9.53. The Bertz CT molecular complexity index is 873. The highest BCUT2D eigenvalue weighted by Crippen LogP contribution is 2.45. The summed E-state index contributed by atoms with van der Waals surface area (Å²) in [5.74, 6) is 0.787. The van der Waals surface area contributed by atoms with Crippen LogP contribution in [0.1, 0.15) is 47.9 Å². The van der Waals surface area contributed by atoms with E-state index in [1.807, 2.05) is 22.7 Å². The number of pyridine rings is 1. The van der Waals surface area contributed by atoms with E-state index in [-0.39, 0.29) is 0 Å². The Balaban J connectivity index is 1.88. The van der Waals surface area contributed by atoms with E-state index in [1.165, 1.54) is 59.3 Å². The molecule has 0 radical (unpaired) electrons. The van der Waals surface area contributed by atoms with Crippen LogP contribution in [0, 0.1) is 5.92 Å². The van der Waals surface area contributed by atoms with E-state index in [0.717, 1.165) is 12.3 Å². The van der Waals surface area contributed by atoms with Gasteiger partial charge in [-0.3, -0.25) is 0 Å². The molecule has 0 N–H and O–H groups in total. The highest BCUT2D eigenvalue weighted by Gasteiger charge is 2.27. The monoisotopic (exact) mass is 339 g/mol. The molecule has 0 saturated heterocycles. The maximum atomic E-state index is 5.15. The lowest BCUT2D eigenvalue weighted by atomic mass is 9.83. The van der Waals surface area contributed by atoms with Gasteiger partial charge in [0.15, 0.2) is 0 Å². The Morgan fingerprint density at radius 2 is 2.04 bits per heavy atom. The first-order valence-corrected chi connectivity index (χ1v) is 10.5. The van der Waals surface area contributed by atoms with E-state index in [1.54, 1.807) is 21.6 Å². The van der Waals surface area contributed by atoms with Crippen molar-refractivity contribution in [2.45, 2.75) is 51.9 Å². The first-order chi connectivity index (χ1) is 11.3. The lowest BCUT2D eigenvalue weighted by molar-refractivity contribution is 0.496. The average Bonchev–Trinajstić information content (AvgIpc) is 3.20. The first kappa shape index (κ1) is 14.2. The third-order valence-electron chi connectivity index (χ3n) is 5.48. The maximum absolute atomic E-state index is 5.15. The molecule has 23 heavy (non-hydrogen) atoms. The highest BCUT2D eigenvalue weighted by molar-refractivity contribution is 7.19. The number of hydrogen-bond donors (Lipinski definition) is 0. The average molecular weight is 340 g/mol. The smallest absolute Gasteiger partial charge is 0.124 e. The second-order valence-electron chi connectivity index (χ2n) is 7.13. The van der Waals surface area contributed by atoms with Gasteiger partial charge in [-0.1, -0.05) is 13.0 Å². The number of aryl methyl sites for hydroxylation is 3. The van der Waals surface area contributed by atoms with Crippen LogP contribution >= 0.6 is 22.7 Å². The normalized spacial score (nSPS) is 20.5. The molecule has 0 saturated carbocycles. The predicted molar refractivity (Wildman–Crippen MR) is 101 cm³/mol. The van der Waals surface area contributed by atoms with Gasteiger partial charge in [0.2, 0.25) is 0 Å². The summed E-state index contributed by atoms with van der Waals surface area (Å²) in [6, 6.07) is 4.51. The van der Waals surface area contributed by atoms with Crippen molar-refractivity contribution in [1.82, 2.24) is 4.98 Å². The lowest BCUT2D eigenvalue weighted by Crippen LogP contribution is -2.14. The molecule has 0 unspecified atom stereocenters. The SMILES string of the molecule is C[C@@H]1CCc2nc3sc4c(c3c(-c3cccs3)c2C1)CCCC4. The van der Waals surface area contributed by atoms with Crippen LogP contribution in [0.15, 0.2) is 17.5 Å². The molecule has 0 aliphatic heterocycles. The molecule has 3 heterocycles. The van der Waals surface area contributed by atoms with Crippen molar-refractivity contribution in [3.05, 3.63) is 39.2 Å². The zero-order valence-corrected chi connectivity index (χ0v) is 15.2. The van der Waals surface area contributed by atoms with Crippen molar-refractivity contribution in [2.75, 3.05) is 0 Å². The van der Waals surface area contributed by atoms with E-state index in [2.05, 4.69) is 24.4 Å². The predicted octanol–water partition coefficient (Wildman–Crippen LogP) is 6.03. The minimum atomic E-state index is 0.787. The summed E-state index contributed by atoms with van der Waals surface area (Å²) >= 11 is 3.87. The summed E-state index contributed by atoms with van der Waals surface area (Å²) < 4.78 is 0. The van der Waals surface area contributed by atoms with E-state index in [4.69, 9.17) is 4.98 Å². The molecule has 3 aromatic heterocycles. The van der Waals surface area contributed by atoms with Crippen molar-refractivity contribution >= 4 is 32.9 Å². The molecule has 1 atom stereocenters. The fourth-order valence-corrected chi connectivity index (χ4v) is 6.42. The zero-order chi connectivity index (χ0) is 15.4. The van der Waals surface area contributed by atoms with Gasteiger partial charge in [-0.25, -0.2) is 4.98 Å². The van der Waals surface area contributed by atoms with Gasteiger partial charge in [0, 0.05) is 26.4 Å². The molecular formula is C20H21NS2. The summed E-state index contributed by atoms with van der Waals surface area (Å²) in [7, 11) is 0. The van der Waals surface area contributed by atoms with Crippen LogP contribution in [0.2, 0.25) is 0 Å². The number of aromatic nitrogens is 1. The second kappa shape index (κ2) is 5.42. The number of thiophene rings is 2. The van der Waals surface area contributed by atoms with E-state index < -0.39 is 0 Å². The van der Waals surface area contributed by atoms with Crippen molar-refractivity contribution in [3.8, 4) is 10.4 Å². The van der Waals surface area contributed by atoms with Gasteiger partial charge in [0.05, 0.1) is 0 Å². The van der Waals surface area contributed by atoms with Gasteiger partial charge >= 0.3 is 0 Å². The molecule has 3 heteroatoms. The number of rotatable bonds is 1. The van der Waals surface area contributed by atoms with Gasteiger partial charge in [-0.05, 0) is 73.4 Å². The Labute approximate surface area is 145 Å². The van der Waals surface area contributed by atoms with Crippen LogP contribution < -0.4 is 0 Å². The molecule has 2 aliphatic rings.